The molecular weight excluding hydrogens is 683 g/mol. The van der Waals surface area contributed by atoms with Gasteiger partial charge in [-0.05, 0) is 82.4 Å². The summed E-state index contributed by atoms with van der Waals surface area (Å²) < 4.78 is 14.1. The predicted octanol–water partition coefficient (Wildman–Crippen LogP) is 8.41. The molecule has 5 aromatic rings. The summed E-state index contributed by atoms with van der Waals surface area (Å²) in [5.41, 5.74) is 3.68. The molecule has 5 rings (SSSR count). The molecule has 1 amide bonds. The molecule has 0 atom stereocenters. The lowest BCUT2D eigenvalue weighted by molar-refractivity contribution is -0.116. The van der Waals surface area contributed by atoms with Gasteiger partial charge in [0, 0.05) is 29.6 Å². The molecule has 0 saturated heterocycles. The molecule has 9 heteroatoms. The van der Waals surface area contributed by atoms with Crippen molar-refractivity contribution >= 4 is 59.8 Å². The topological polar surface area (TPSA) is 69.6 Å². The number of rotatable bonds is 13. The standard InChI is InChI=1S/C41H42Cl2N2O4Si/c1-5-48-40(47)31-21-18-30(19-22-31)20-25-38(46)44-29-32-13-12-27-45(32)37-24-23-36(42)35(39(37)43)26-28-49-50(41(2,3)4,33-14-8-6-9-15-33)34-16-10-7-11-17-34/h6-25,27H,5,26,28-29H2,1-4H3,(H,44,46). The van der Waals surface area contributed by atoms with E-state index in [1.807, 2.05) is 47.2 Å². The number of hydrogen-bond acceptors (Lipinski definition) is 4. The van der Waals surface area contributed by atoms with Gasteiger partial charge in [0.2, 0.25) is 5.91 Å². The molecule has 1 N–H and O–H groups in total. The van der Waals surface area contributed by atoms with Gasteiger partial charge >= 0.3 is 5.97 Å². The average Bonchev–Trinajstić information content (AvgIpc) is 3.58. The van der Waals surface area contributed by atoms with Gasteiger partial charge in [-0.2, -0.15) is 0 Å². The first-order valence-corrected chi connectivity index (χ1v) is 19.3. The van der Waals surface area contributed by atoms with Gasteiger partial charge in [-0.3, -0.25) is 4.79 Å². The van der Waals surface area contributed by atoms with Gasteiger partial charge in [0.25, 0.3) is 8.32 Å². The van der Waals surface area contributed by atoms with Crippen molar-refractivity contribution in [2.75, 3.05) is 13.2 Å². The van der Waals surface area contributed by atoms with Crippen LogP contribution < -0.4 is 15.7 Å². The summed E-state index contributed by atoms with van der Waals surface area (Å²) in [4.78, 5) is 24.6. The van der Waals surface area contributed by atoms with E-state index in [2.05, 4.69) is 74.6 Å². The number of benzene rings is 4. The fraction of sp³-hybridized carbons (Fsp3) is 0.220. The van der Waals surface area contributed by atoms with Crippen LogP contribution in [-0.2, 0) is 26.9 Å². The molecule has 0 aliphatic carbocycles. The SMILES string of the molecule is CCOC(=O)c1ccc(C=CC(=O)NCc2cccn2-c2ccc(Cl)c(CCO[Si](c3ccccc3)(c3ccccc3)C(C)(C)C)c2Cl)cc1. The fourth-order valence-electron chi connectivity index (χ4n) is 6.22. The normalized spacial score (nSPS) is 11.9. The summed E-state index contributed by atoms with van der Waals surface area (Å²) >= 11 is 13.9. The molecule has 0 aliphatic rings. The van der Waals surface area contributed by atoms with Crippen LogP contribution in [0.3, 0.4) is 0 Å². The van der Waals surface area contributed by atoms with Gasteiger partial charge in [-0.25, -0.2) is 4.79 Å². The third-order valence-corrected chi connectivity index (χ3v) is 14.5. The minimum absolute atomic E-state index is 0.153. The van der Waals surface area contributed by atoms with Crippen molar-refractivity contribution in [3.63, 3.8) is 0 Å². The third kappa shape index (κ3) is 8.30. The van der Waals surface area contributed by atoms with Crippen LogP contribution in [-0.4, -0.2) is 38.0 Å². The van der Waals surface area contributed by atoms with Crippen LogP contribution in [0, 0.1) is 0 Å². The second-order valence-electron chi connectivity index (χ2n) is 12.9. The molecule has 0 unspecified atom stereocenters. The van der Waals surface area contributed by atoms with Gasteiger partial charge in [-0.15, -0.1) is 0 Å². The first kappa shape index (κ1) is 36.9. The summed E-state index contributed by atoms with van der Waals surface area (Å²) in [6, 6.07) is 35.6. The maximum atomic E-state index is 12.7. The first-order chi connectivity index (χ1) is 24.0. The number of hydrogen-bond donors (Lipinski definition) is 1. The van der Waals surface area contributed by atoms with Crippen LogP contribution >= 0.6 is 23.2 Å². The Morgan fingerprint density at radius 2 is 1.48 bits per heavy atom. The zero-order chi connectivity index (χ0) is 35.7. The summed E-state index contributed by atoms with van der Waals surface area (Å²) in [5, 5.41) is 6.34. The van der Waals surface area contributed by atoms with E-state index in [-0.39, 0.29) is 23.5 Å². The maximum Gasteiger partial charge on any atom is 0.338 e. The molecule has 6 nitrogen and oxygen atoms in total. The lowest BCUT2D eigenvalue weighted by Gasteiger charge is -2.43. The number of nitrogens with one attached hydrogen (secondary N) is 1. The Balaban J connectivity index is 1.30. The van der Waals surface area contributed by atoms with Gasteiger partial charge in [0.05, 0.1) is 29.4 Å². The highest BCUT2D eigenvalue weighted by molar-refractivity contribution is 6.99. The molecule has 258 valence electrons. The molecule has 1 heterocycles. The number of ether oxygens (including phenoxy) is 1. The van der Waals surface area contributed by atoms with Crippen molar-refractivity contribution in [2.45, 2.75) is 45.7 Å². The molecular formula is C41H42Cl2N2O4Si. The Hall–Kier alpha value is -4.40. The van der Waals surface area contributed by atoms with Crippen molar-refractivity contribution in [3.8, 4) is 5.69 Å². The first-order valence-electron chi connectivity index (χ1n) is 16.7. The minimum atomic E-state index is -2.73. The van der Waals surface area contributed by atoms with Gasteiger partial charge in [-0.1, -0.05) is 117 Å². The number of esters is 1. The highest BCUT2D eigenvalue weighted by atomic mass is 35.5. The van der Waals surface area contributed by atoms with Crippen LogP contribution in [0.25, 0.3) is 11.8 Å². The monoisotopic (exact) mass is 724 g/mol. The quantitative estimate of drug-likeness (QED) is 0.0753. The van der Waals surface area contributed by atoms with E-state index in [0.29, 0.717) is 35.2 Å². The number of aromatic nitrogens is 1. The highest BCUT2D eigenvalue weighted by Crippen LogP contribution is 2.38. The predicted molar refractivity (Wildman–Crippen MR) is 206 cm³/mol. The molecule has 0 fully saturated rings. The molecule has 0 spiro atoms. The smallest absolute Gasteiger partial charge is 0.338 e. The van der Waals surface area contributed by atoms with E-state index in [1.54, 1.807) is 37.3 Å². The molecule has 50 heavy (non-hydrogen) atoms. The lowest BCUT2D eigenvalue weighted by atomic mass is 10.1. The molecule has 0 radical (unpaired) electrons. The van der Waals surface area contributed by atoms with E-state index < -0.39 is 8.32 Å². The van der Waals surface area contributed by atoms with Crippen molar-refractivity contribution < 1.29 is 18.8 Å². The van der Waals surface area contributed by atoms with Crippen LogP contribution in [0.15, 0.2) is 121 Å². The summed E-state index contributed by atoms with van der Waals surface area (Å²) in [6.07, 6.45) is 5.60. The van der Waals surface area contributed by atoms with Crippen molar-refractivity contribution in [3.05, 3.63) is 154 Å². The largest absolute Gasteiger partial charge is 0.462 e. The Morgan fingerprint density at radius 1 is 0.840 bits per heavy atom. The molecule has 1 aromatic heterocycles. The van der Waals surface area contributed by atoms with Crippen LogP contribution in [0.1, 0.15) is 54.9 Å². The second-order valence-corrected chi connectivity index (χ2v) is 18.0. The second kappa shape index (κ2) is 16.5. The van der Waals surface area contributed by atoms with Crippen LogP contribution in [0.4, 0.5) is 0 Å². The van der Waals surface area contributed by atoms with Crippen LogP contribution in [0.2, 0.25) is 15.1 Å². The number of amides is 1. The Bertz CT molecular complexity index is 1900. The number of carbonyl (C=O) groups is 2. The summed E-state index contributed by atoms with van der Waals surface area (Å²) in [6.45, 7) is 9.56. The number of nitrogens with zero attached hydrogens (tertiary/aromatic N) is 1. The number of halogens is 2. The highest BCUT2D eigenvalue weighted by Gasteiger charge is 2.50. The molecule has 0 bridgehead atoms. The van der Waals surface area contributed by atoms with Gasteiger partial charge in [0.1, 0.15) is 0 Å². The van der Waals surface area contributed by atoms with E-state index in [0.717, 1.165) is 22.5 Å². The third-order valence-electron chi connectivity index (χ3n) is 8.64. The summed E-state index contributed by atoms with van der Waals surface area (Å²) in [7, 11) is -2.73. The molecule has 0 saturated carbocycles. The average molecular weight is 726 g/mol. The maximum absolute atomic E-state index is 12.7. The van der Waals surface area contributed by atoms with Gasteiger partial charge in [0.15, 0.2) is 0 Å². The zero-order valence-electron chi connectivity index (χ0n) is 28.8. The molecule has 4 aromatic carbocycles. The van der Waals surface area contributed by atoms with Crippen molar-refractivity contribution in [1.29, 1.82) is 0 Å². The van der Waals surface area contributed by atoms with E-state index >= 15 is 0 Å². The Labute approximate surface area is 305 Å². The Morgan fingerprint density at radius 3 is 2.08 bits per heavy atom. The van der Waals surface area contributed by atoms with Crippen LogP contribution in [0.5, 0.6) is 0 Å². The van der Waals surface area contributed by atoms with Crippen molar-refractivity contribution in [2.24, 2.45) is 0 Å². The van der Waals surface area contributed by atoms with E-state index in [9.17, 15) is 9.59 Å². The minimum Gasteiger partial charge on any atom is -0.462 e. The Kier molecular flexibility index (Phi) is 12.2. The zero-order valence-corrected chi connectivity index (χ0v) is 31.3. The fourth-order valence-corrected chi connectivity index (χ4v) is 11.4. The molecule has 0 aliphatic heterocycles. The van der Waals surface area contributed by atoms with Gasteiger partial charge < -0.3 is 19.0 Å². The van der Waals surface area contributed by atoms with E-state index in [1.165, 1.54) is 16.4 Å². The van der Waals surface area contributed by atoms with E-state index in [4.69, 9.17) is 32.4 Å². The van der Waals surface area contributed by atoms with Crippen molar-refractivity contribution in [1.82, 2.24) is 9.88 Å². The lowest BCUT2D eigenvalue weighted by Crippen LogP contribution is -2.66. The summed E-state index contributed by atoms with van der Waals surface area (Å²) in [5.74, 6) is -0.629. The number of carbonyl (C=O) groups excluding carboxylic acids is 2.